The average Bonchev–Trinajstić information content (AvgIpc) is 2.30. The minimum Gasteiger partial charge on any atom is -0.493 e. The number of ketones is 1. The summed E-state index contributed by atoms with van der Waals surface area (Å²) in [5.74, 6) is 1.26. The van der Waals surface area contributed by atoms with Gasteiger partial charge in [0.05, 0.1) is 12.2 Å². The summed E-state index contributed by atoms with van der Waals surface area (Å²) in [5, 5.41) is 0.574. The first-order chi connectivity index (χ1) is 8.45. The van der Waals surface area contributed by atoms with Gasteiger partial charge in [-0.2, -0.15) is 0 Å². The van der Waals surface area contributed by atoms with E-state index < -0.39 is 0 Å². The van der Waals surface area contributed by atoms with Gasteiger partial charge in [-0.3, -0.25) is 4.79 Å². The molecule has 0 N–H and O–H groups in total. The highest BCUT2D eigenvalue weighted by molar-refractivity contribution is 6.32. The van der Waals surface area contributed by atoms with Crippen molar-refractivity contribution in [1.82, 2.24) is 0 Å². The molecule has 1 rings (SSSR count). The zero-order valence-electron chi connectivity index (χ0n) is 10.9. The topological polar surface area (TPSA) is 26.3 Å². The first kappa shape index (κ1) is 15.3. The van der Waals surface area contributed by atoms with Crippen molar-refractivity contribution in [2.75, 3.05) is 12.5 Å². The highest BCUT2D eigenvalue weighted by atomic mass is 35.5. The number of hydrogen-bond acceptors (Lipinski definition) is 2. The van der Waals surface area contributed by atoms with Gasteiger partial charge in [-0.1, -0.05) is 25.4 Å². The van der Waals surface area contributed by atoms with Crippen LogP contribution in [-0.4, -0.2) is 18.3 Å². The molecule has 0 spiro atoms. The van der Waals surface area contributed by atoms with Gasteiger partial charge in [0.1, 0.15) is 5.75 Å². The van der Waals surface area contributed by atoms with Crippen LogP contribution in [0.4, 0.5) is 0 Å². The van der Waals surface area contributed by atoms with Crippen LogP contribution in [0.1, 0.15) is 36.2 Å². The lowest BCUT2D eigenvalue weighted by atomic mass is 10.1. The van der Waals surface area contributed by atoms with Crippen LogP contribution in [-0.2, 0) is 0 Å². The third kappa shape index (κ3) is 4.18. The first-order valence-corrected chi connectivity index (χ1v) is 6.89. The van der Waals surface area contributed by atoms with Crippen molar-refractivity contribution in [3.05, 3.63) is 28.3 Å². The first-order valence-electron chi connectivity index (χ1n) is 5.97. The summed E-state index contributed by atoms with van der Waals surface area (Å²) < 4.78 is 5.68. The number of carbonyl (C=O) groups excluding carboxylic acids is 1. The number of carbonyl (C=O) groups is 1. The maximum absolute atomic E-state index is 12.0. The van der Waals surface area contributed by atoms with Crippen LogP contribution in [0.5, 0.6) is 5.75 Å². The number of alkyl halides is 1. The second-order valence-corrected chi connectivity index (χ2v) is 5.45. The fourth-order valence-electron chi connectivity index (χ4n) is 1.47. The zero-order valence-corrected chi connectivity index (χ0v) is 12.4. The van der Waals surface area contributed by atoms with Crippen LogP contribution in [0, 0.1) is 12.8 Å². The Balaban J connectivity index is 3.04. The van der Waals surface area contributed by atoms with Crippen LogP contribution < -0.4 is 4.74 Å². The summed E-state index contributed by atoms with van der Waals surface area (Å²) >= 11 is 11.7. The van der Waals surface area contributed by atoms with Gasteiger partial charge in [0.15, 0.2) is 5.78 Å². The molecule has 0 saturated carbocycles. The minimum atomic E-state index is -0.0364. The summed E-state index contributed by atoms with van der Waals surface area (Å²) in [4.78, 5) is 12.0. The van der Waals surface area contributed by atoms with E-state index in [1.807, 2.05) is 13.0 Å². The van der Waals surface area contributed by atoms with Crippen molar-refractivity contribution in [3.63, 3.8) is 0 Å². The smallest absolute Gasteiger partial charge is 0.167 e. The molecule has 0 atom stereocenters. The molecule has 0 amide bonds. The Bertz CT molecular complexity index is 428. The minimum absolute atomic E-state index is 0.0364. The van der Waals surface area contributed by atoms with Crippen molar-refractivity contribution in [2.45, 2.75) is 27.2 Å². The van der Waals surface area contributed by atoms with E-state index in [0.717, 1.165) is 5.56 Å². The number of rotatable bonds is 6. The van der Waals surface area contributed by atoms with E-state index in [9.17, 15) is 4.79 Å². The van der Waals surface area contributed by atoms with Crippen molar-refractivity contribution >= 4 is 29.0 Å². The number of benzene rings is 1. The molecule has 2 nitrogen and oxygen atoms in total. The number of halogens is 2. The van der Waals surface area contributed by atoms with Gasteiger partial charge in [0, 0.05) is 17.3 Å². The van der Waals surface area contributed by atoms with E-state index in [0.29, 0.717) is 41.2 Å². The van der Waals surface area contributed by atoms with Crippen molar-refractivity contribution in [1.29, 1.82) is 0 Å². The molecule has 0 aromatic heterocycles. The molecule has 1 aromatic carbocycles. The summed E-state index contributed by atoms with van der Waals surface area (Å²) in [5.41, 5.74) is 1.42. The lowest BCUT2D eigenvalue weighted by molar-refractivity contribution is 0.0984. The zero-order chi connectivity index (χ0) is 13.7. The molecule has 0 aliphatic heterocycles. The third-order valence-corrected chi connectivity index (χ3v) is 3.05. The molecule has 0 fully saturated rings. The van der Waals surface area contributed by atoms with Crippen LogP contribution in [0.2, 0.25) is 5.02 Å². The molecule has 1 aromatic rings. The molecule has 0 radical (unpaired) electrons. The molecule has 18 heavy (non-hydrogen) atoms. The number of hydrogen-bond donors (Lipinski definition) is 0. The molecule has 100 valence electrons. The molecule has 0 heterocycles. The molecular formula is C14H18Cl2O2. The van der Waals surface area contributed by atoms with E-state index in [1.165, 1.54) is 0 Å². The average molecular weight is 289 g/mol. The fourth-order valence-corrected chi connectivity index (χ4v) is 1.80. The molecule has 0 saturated heterocycles. The van der Waals surface area contributed by atoms with Gasteiger partial charge in [-0.25, -0.2) is 0 Å². The molecule has 0 aliphatic carbocycles. The predicted octanol–water partition coefficient (Wildman–Crippen LogP) is 4.49. The Labute approximate surface area is 118 Å². The van der Waals surface area contributed by atoms with Crippen molar-refractivity contribution < 1.29 is 9.53 Å². The predicted molar refractivity (Wildman–Crippen MR) is 76.2 cm³/mol. The second kappa shape index (κ2) is 7.01. The van der Waals surface area contributed by atoms with Crippen LogP contribution in [0.25, 0.3) is 0 Å². The van der Waals surface area contributed by atoms with Crippen LogP contribution >= 0.6 is 23.2 Å². The summed E-state index contributed by atoms with van der Waals surface area (Å²) in [6, 6.07) is 3.48. The fraction of sp³-hybridized carbons (Fsp3) is 0.500. The van der Waals surface area contributed by atoms with E-state index in [1.54, 1.807) is 6.07 Å². The normalized spacial score (nSPS) is 10.8. The Morgan fingerprint density at radius 2 is 2.06 bits per heavy atom. The maximum atomic E-state index is 12.0. The van der Waals surface area contributed by atoms with Crippen molar-refractivity contribution in [3.8, 4) is 5.75 Å². The molecule has 0 bridgehead atoms. The Kier molecular flexibility index (Phi) is 5.97. The Morgan fingerprint density at radius 3 is 2.61 bits per heavy atom. The number of aryl methyl sites for hydroxylation is 1. The highest BCUT2D eigenvalue weighted by Crippen LogP contribution is 2.28. The standard InChI is InChI=1S/C14H18Cl2O2/c1-9(2)8-18-14-6-10(3)12(16)7-11(14)13(17)4-5-15/h6-7,9H,4-5,8H2,1-3H3. The summed E-state index contributed by atoms with van der Waals surface area (Å²) in [7, 11) is 0. The van der Waals surface area contributed by atoms with Gasteiger partial charge < -0.3 is 4.74 Å². The van der Waals surface area contributed by atoms with E-state index in [-0.39, 0.29) is 5.78 Å². The summed E-state index contributed by atoms with van der Waals surface area (Å²) in [6.45, 7) is 6.58. The lowest BCUT2D eigenvalue weighted by Gasteiger charge is -2.14. The monoisotopic (exact) mass is 288 g/mol. The van der Waals surface area contributed by atoms with E-state index in [2.05, 4.69) is 13.8 Å². The van der Waals surface area contributed by atoms with Gasteiger partial charge in [0.2, 0.25) is 0 Å². The Morgan fingerprint density at radius 1 is 1.39 bits per heavy atom. The number of ether oxygens (including phenoxy) is 1. The molecule has 0 unspecified atom stereocenters. The second-order valence-electron chi connectivity index (χ2n) is 4.66. The SMILES string of the molecule is Cc1cc(OCC(C)C)c(C(=O)CCCl)cc1Cl. The number of Topliss-reactive ketones (excluding diaryl/α,β-unsaturated/α-hetero) is 1. The van der Waals surface area contributed by atoms with Crippen LogP contribution in [0.15, 0.2) is 12.1 Å². The largest absolute Gasteiger partial charge is 0.493 e. The molecule has 0 aliphatic rings. The van der Waals surface area contributed by atoms with E-state index in [4.69, 9.17) is 27.9 Å². The van der Waals surface area contributed by atoms with Gasteiger partial charge in [0.25, 0.3) is 0 Å². The maximum Gasteiger partial charge on any atom is 0.167 e. The Hall–Kier alpha value is -0.730. The third-order valence-electron chi connectivity index (χ3n) is 2.45. The molecular weight excluding hydrogens is 271 g/mol. The van der Waals surface area contributed by atoms with E-state index >= 15 is 0 Å². The quantitative estimate of drug-likeness (QED) is 0.569. The van der Waals surface area contributed by atoms with Crippen molar-refractivity contribution in [2.24, 2.45) is 5.92 Å². The highest BCUT2D eigenvalue weighted by Gasteiger charge is 2.15. The van der Waals surface area contributed by atoms with Gasteiger partial charge in [-0.05, 0) is 30.5 Å². The van der Waals surface area contributed by atoms with Gasteiger partial charge >= 0.3 is 0 Å². The van der Waals surface area contributed by atoms with Crippen LogP contribution in [0.3, 0.4) is 0 Å². The molecule has 4 heteroatoms. The lowest BCUT2D eigenvalue weighted by Crippen LogP contribution is -2.09. The van der Waals surface area contributed by atoms with Gasteiger partial charge in [-0.15, -0.1) is 11.6 Å². The summed E-state index contributed by atoms with van der Waals surface area (Å²) in [6.07, 6.45) is 0.291.